The van der Waals surface area contributed by atoms with Gasteiger partial charge in [0.05, 0.1) is 6.54 Å². The van der Waals surface area contributed by atoms with Crippen LogP contribution in [0.15, 0.2) is 28.7 Å². The number of para-hydroxylation sites is 1. The quantitative estimate of drug-likeness (QED) is 0.826. The number of hydrogen-bond donors (Lipinski definition) is 1. The normalized spacial score (nSPS) is 15.2. The predicted octanol–water partition coefficient (Wildman–Crippen LogP) is 2.75. The number of carbonyl (C=O) groups excluding carboxylic acids is 1. The molecular weight excluding hydrogens is 233 g/mol. The minimum atomic E-state index is -0.433. The second kappa shape index (κ2) is 4.53. The van der Waals surface area contributed by atoms with Crippen LogP contribution >= 0.6 is 0 Å². The van der Waals surface area contributed by atoms with Gasteiger partial charge in [0.1, 0.15) is 0 Å². The molecule has 1 aromatic heterocycles. The summed E-state index contributed by atoms with van der Waals surface area (Å²) in [5.41, 5.74) is 0.156. The van der Waals surface area contributed by atoms with Crippen molar-refractivity contribution >= 4 is 16.8 Å². The number of hydrogen-bond acceptors (Lipinski definition) is 3. The van der Waals surface area contributed by atoms with Gasteiger partial charge in [0.2, 0.25) is 5.78 Å². The molecule has 0 bridgehead atoms. The number of nitrogens with one attached hydrogen (secondary N) is 1. The highest BCUT2D eigenvalue weighted by molar-refractivity contribution is 5.98. The lowest BCUT2D eigenvalue weighted by Gasteiger charge is -1.99. The molecule has 1 saturated carbocycles. The van der Waals surface area contributed by atoms with Crippen LogP contribution in [0.2, 0.25) is 0 Å². The molecular formula is C14H14FNO2. The number of ketones is 1. The van der Waals surface area contributed by atoms with Crippen LogP contribution in [-0.2, 0) is 0 Å². The molecule has 0 atom stereocenters. The highest BCUT2D eigenvalue weighted by Gasteiger charge is 2.21. The van der Waals surface area contributed by atoms with Crippen LogP contribution in [-0.4, -0.2) is 18.9 Å². The van der Waals surface area contributed by atoms with Crippen molar-refractivity contribution in [3.8, 4) is 0 Å². The molecule has 1 N–H and O–H groups in total. The third-order valence-corrected chi connectivity index (χ3v) is 3.19. The number of Topliss-reactive ketones (excluding diaryl/α,β-unsaturated/α-hetero) is 1. The maximum absolute atomic E-state index is 13.4. The summed E-state index contributed by atoms with van der Waals surface area (Å²) in [4.78, 5) is 11.8. The minimum absolute atomic E-state index is 0.133. The zero-order valence-electron chi connectivity index (χ0n) is 9.91. The van der Waals surface area contributed by atoms with E-state index in [-0.39, 0.29) is 23.7 Å². The van der Waals surface area contributed by atoms with Crippen molar-refractivity contribution in [3.63, 3.8) is 0 Å². The van der Waals surface area contributed by atoms with Gasteiger partial charge in [0.15, 0.2) is 17.2 Å². The maximum Gasteiger partial charge on any atom is 0.211 e. The lowest BCUT2D eigenvalue weighted by atomic mass is 10.2. The molecule has 1 aromatic carbocycles. The Kier molecular flexibility index (Phi) is 2.88. The molecule has 1 fully saturated rings. The number of halogens is 1. The van der Waals surface area contributed by atoms with Crippen LogP contribution in [0.5, 0.6) is 0 Å². The van der Waals surface area contributed by atoms with E-state index < -0.39 is 5.82 Å². The third-order valence-electron chi connectivity index (χ3n) is 3.19. The van der Waals surface area contributed by atoms with Gasteiger partial charge in [-0.2, -0.15) is 0 Å². The lowest BCUT2D eigenvalue weighted by Crippen LogP contribution is -2.24. The Hall–Kier alpha value is -1.68. The van der Waals surface area contributed by atoms with Crippen molar-refractivity contribution in [2.75, 3.05) is 13.1 Å². The molecule has 2 aromatic rings. The average molecular weight is 247 g/mol. The summed E-state index contributed by atoms with van der Waals surface area (Å²) >= 11 is 0. The summed E-state index contributed by atoms with van der Waals surface area (Å²) < 4.78 is 18.7. The van der Waals surface area contributed by atoms with Crippen LogP contribution in [0.25, 0.3) is 11.0 Å². The Labute approximate surface area is 104 Å². The van der Waals surface area contributed by atoms with Gasteiger partial charge in [-0.3, -0.25) is 4.79 Å². The van der Waals surface area contributed by atoms with Gasteiger partial charge >= 0.3 is 0 Å². The molecule has 0 radical (unpaired) electrons. The second-order valence-corrected chi connectivity index (χ2v) is 4.77. The Bertz CT molecular complexity index is 586. The van der Waals surface area contributed by atoms with Crippen LogP contribution in [0.3, 0.4) is 0 Å². The van der Waals surface area contributed by atoms with Crippen molar-refractivity contribution in [3.05, 3.63) is 35.8 Å². The monoisotopic (exact) mass is 247 g/mol. The van der Waals surface area contributed by atoms with E-state index in [9.17, 15) is 9.18 Å². The van der Waals surface area contributed by atoms with E-state index in [1.54, 1.807) is 18.2 Å². The van der Waals surface area contributed by atoms with E-state index in [2.05, 4.69) is 5.32 Å². The van der Waals surface area contributed by atoms with Crippen LogP contribution < -0.4 is 5.32 Å². The summed E-state index contributed by atoms with van der Waals surface area (Å²) in [5.74, 6) is 0.382. The lowest BCUT2D eigenvalue weighted by molar-refractivity contribution is 0.0966. The van der Waals surface area contributed by atoms with E-state index >= 15 is 0 Å². The third kappa shape index (κ3) is 2.29. The minimum Gasteiger partial charge on any atom is -0.450 e. The Balaban J connectivity index is 1.72. The molecule has 0 spiro atoms. The molecule has 1 aliphatic carbocycles. The van der Waals surface area contributed by atoms with E-state index in [0.717, 1.165) is 12.5 Å². The van der Waals surface area contributed by atoms with Crippen molar-refractivity contribution in [2.24, 2.45) is 5.92 Å². The first-order valence-electron chi connectivity index (χ1n) is 6.16. The Morgan fingerprint density at radius 3 is 3.00 bits per heavy atom. The molecule has 0 amide bonds. The van der Waals surface area contributed by atoms with Crippen LogP contribution in [0, 0.1) is 11.7 Å². The maximum atomic E-state index is 13.4. The Morgan fingerprint density at radius 2 is 2.28 bits per heavy atom. The first-order chi connectivity index (χ1) is 8.74. The molecule has 3 rings (SSSR count). The van der Waals surface area contributed by atoms with Crippen molar-refractivity contribution < 1.29 is 13.6 Å². The van der Waals surface area contributed by atoms with Crippen LogP contribution in [0.4, 0.5) is 4.39 Å². The molecule has 0 saturated heterocycles. The van der Waals surface area contributed by atoms with Gasteiger partial charge in [-0.25, -0.2) is 4.39 Å². The molecule has 0 aliphatic heterocycles. The fourth-order valence-corrected chi connectivity index (χ4v) is 1.96. The second-order valence-electron chi connectivity index (χ2n) is 4.77. The largest absolute Gasteiger partial charge is 0.450 e. The van der Waals surface area contributed by atoms with Crippen molar-refractivity contribution in [2.45, 2.75) is 12.8 Å². The van der Waals surface area contributed by atoms with Crippen molar-refractivity contribution in [1.82, 2.24) is 5.32 Å². The van der Waals surface area contributed by atoms with Gasteiger partial charge in [-0.05, 0) is 37.4 Å². The highest BCUT2D eigenvalue weighted by Crippen LogP contribution is 2.27. The van der Waals surface area contributed by atoms with Gasteiger partial charge in [0, 0.05) is 5.39 Å². The number of benzene rings is 1. The zero-order chi connectivity index (χ0) is 12.5. The summed E-state index contributed by atoms with van der Waals surface area (Å²) in [7, 11) is 0. The molecule has 1 heterocycles. The van der Waals surface area contributed by atoms with E-state index in [1.807, 2.05) is 0 Å². The van der Waals surface area contributed by atoms with Gasteiger partial charge in [0.25, 0.3) is 0 Å². The van der Waals surface area contributed by atoms with E-state index in [4.69, 9.17) is 4.42 Å². The first-order valence-corrected chi connectivity index (χ1v) is 6.16. The summed E-state index contributed by atoms with van der Waals surface area (Å²) in [6.45, 7) is 1.12. The fourth-order valence-electron chi connectivity index (χ4n) is 1.96. The molecule has 0 unspecified atom stereocenters. The molecule has 1 aliphatic rings. The predicted molar refractivity (Wildman–Crippen MR) is 66.1 cm³/mol. The molecule has 94 valence electrons. The molecule has 3 nitrogen and oxygen atoms in total. The standard InChI is InChI=1S/C14H14FNO2/c15-11-3-1-2-10-6-13(18-14(10)11)12(17)8-16-7-9-4-5-9/h1-3,6,9,16H,4-5,7-8H2. The first kappa shape index (κ1) is 11.4. The summed E-state index contributed by atoms with van der Waals surface area (Å²) in [6, 6.07) is 6.26. The number of rotatable bonds is 5. The van der Waals surface area contributed by atoms with Crippen LogP contribution in [0.1, 0.15) is 23.4 Å². The van der Waals surface area contributed by atoms with Crippen molar-refractivity contribution in [1.29, 1.82) is 0 Å². The number of carbonyl (C=O) groups is 1. The van der Waals surface area contributed by atoms with E-state index in [1.165, 1.54) is 18.9 Å². The fraction of sp³-hybridized carbons (Fsp3) is 0.357. The van der Waals surface area contributed by atoms with Gasteiger partial charge in [-0.15, -0.1) is 0 Å². The average Bonchev–Trinajstić information content (AvgIpc) is 3.06. The van der Waals surface area contributed by atoms with Gasteiger partial charge < -0.3 is 9.73 Å². The zero-order valence-corrected chi connectivity index (χ0v) is 9.91. The number of fused-ring (bicyclic) bond motifs is 1. The molecule has 4 heteroatoms. The topological polar surface area (TPSA) is 42.2 Å². The SMILES string of the molecule is O=C(CNCC1CC1)c1cc2cccc(F)c2o1. The number of furan rings is 1. The summed E-state index contributed by atoms with van der Waals surface area (Å²) in [6.07, 6.45) is 2.49. The highest BCUT2D eigenvalue weighted by atomic mass is 19.1. The van der Waals surface area contributed by atoms with Gasteiger partial charge in [-0.1, -0.05) is 12.1 Å². The summed E-state index contributed by atoms with van der Waals surface area (Å²) in [5, 5.41) is 3.73. The smallest absolute Gasteiger partial charge is 0.211 e. The van der Waals surface area contributed by atoms with E-state index in [0.29, 0.717) is 5.39 Å². The Morgan fingerprint density at radius 1 is 1.44 bits per heavy atom. The molecule has 18 heavy (non-hydrogen) atoms.